The molecule has 15 heteroatoms. The Morgan fingerprint density at radius 2 is 1.94 bits per heavy atom. The van der Waals surface area contributed by atoms with Crippen molar-refractivity contribution in [3.05, 3.63) is 54.4 Å². The molecule has 0 aliphatic carbocycles. The third-order valence-electron chi connectivity index (χ3n) is 4.45. The van der Waals surface area contributed by atoms with Crippen molar-refractivity contribution in [3.8, 4) is 5.75 Å². The minimum absolute atomic E-state index is 0.0113. The van der Waals surface area contributed by atoms with Crippen LogP contribution in [0.3, 0.4) is 0 Å². The lowest BCUT2D eigenvalue weighted by atomic mass is 10.1. The Labute approximate surface area is 212 Å². The molecule has 0 bridgehead atoms. The smallest absolute Gasteiger partial charge is 0.400 e. The molecule has 8 nitrogen and oxygen atoms in total. The fraction of sp³-hybridized carbons (Fsp3) is 0.167. The molecular formula is C18H14BrF2INO7PS2. The van der Waals surface area contributed by atoms with Gasteiger partial charge in [0.05, 0.1) is 9.60 Å². The summed E-state index contributed by atoms with van der Waals surface area (Å²) in [5, 5.41) is 0.0662. The number of fused-ring (bicyclic) bond motifs is 1. The summed E-state index contributed by atoms with van der Waals surface area (Å²) in [5.41, 5.74) is 1.38. The number of thiophene rings is 1. The number of primary amides is 1. The molecular weight excluding hydrogens is 682 g/mol. The number of ether oxygens (including phenoxy) is 1. The van der Waals surface area contributed by atoms with E-state index in [1.54, 1.807) is 0 Å². The summed E-state index contributed by atoms with van der Waals surface area (Å²) in [6.45, 7) is -0.112. The average molecular weight is 696 g/mol. The molecule has 0 saturated heterocycles. The van der Waals surface area contributed by atoms with E-state index >= 15 is 0 Å². The topological polar surface area (TPSA) is 144 Å². The van der Waals surface area contributed by atoms with Gasteiger partial charge in [-0.2, -0.15) is 8.78 Å². The van der Waals surface area contributed by atoms with Crippen molar-refractivity contribution < 1.29 is 41.1 Å². The van der Waals surface area contributed by atoms with Crippen molar-refractivity contribution in [3.63, 3.8) is 0 Å². The number of carbonyl (C=O) groups is 1. The first-order valence-corrected chi connectivity index (χ1v) is 14.8. The van der Waals surface area contributed by atoms with Crippen molar-refractivity contribution >= 4 is 83.3 Å². The van der Waals surface area contributed by atoms with E-state index in [0.29, 0.717) is 20.5 Å². The summed E-state index contributed by atoms with van der Waals surface area (Å²) in [4.78, 5) is 29.2. The number of benzene rings is 2. The molecule has 0 atom stereocenters. The molecule has 33 heavy (non-hydrogen) atoms. The van der Waals surface area contributed by atoms with Gasteiger partial charge in [0, 0.05) is 30.8 Å². The van der Waals surface area contributed by atoms with Crippen molar-refractivity contribution in [2.75, 3.05) is 6.26 Å². The average Bonchev–Trinajstić information content (AvgIpc) is 3.02. The summed E-state index contributed by atoms with van der Waals surface area (Å²) in [6, 6.07) is 6.83. The normalized spacial score (nSPS) is 12.8. The predicted molar refractivity (Wildman–Crippen MR) is 131 cm³/mol. The molecule has 1 heterocycles. The van der Waals surface area contributed by atoms with Crippen LogP contribution in [0.5, 0.6) is 5.75 Å². The first-order chi connectivity index (χ1) is 15.0. The first kappa shape index (κ1) is 26.4. The van der Waals surface area contributed by atoms with Gasteiger partial charge in [0.15, 0.2) is 9.84 Å². The lowest BCUT2D eigenvalue weighted by Crippen LogP contribution is -2.12. The van der Waals surface area contributed by atoms with Gasteiger partial charge in [-0.05, 0) is 62.8 Å². The van der Waals surface area contributed by atoms with Crippen LogP contribution < -0.4 is 10.5 Å². The van der Waals surface area contributed by atoms with Crippen LogP contribution in [0.2, 0.25) is 0 Å². The van der Waals surface area contributed by atoms with Gasteiger partial charge in [0.2, 0.25) is 5.91 Å². The molecule has 0 spiro atoms. The zero-order chi connectivity index (χ0) is 24.9. The zero-order valence-corrected chi connectivity index (χ0v) is 22.7. The van der Waals surface area contributed by atoms with Gasteiger partial charge < -0.3 is 20.3 Å². The zero-order valence-electron chi connectivity index (χ0n) is 16.4. The Morgan fingerprint density at radius 1 is 1.30 bits per heavy atom. The number of amides is 1. The number of hydrogen-bond donors (Lipinski definition) is 3. The lowest BCUT2D eigenvalue weighted by molar-refractivity contribution is 0.0595. The Hall–Kier alpha value is -1.16. The monoisotopic (exact) mass is 695 g/mol. The first-order valence-electron chi connectivity index (χ1n) is 8.65. The minimum Gasteiger partial charge on any atom is -0.487 e. The van der Waals surface area contributed by atoms with E-state index in [2.05, 4.69) is 15.9 Å². The fourth-order valence-corrected chi connectivity index (χ4v) is 7.25. The summed E-state index contributed by atoms with van der Waals surface area (Å²) in [6.07, 6.45) is 1.07. The van der Waals surface area contributed by atoms with Crippen molar-refractivity contribution in [1.29, 1.82) is 0 Å². The van der Waals surface area contributed by atoms with Crippen molar-refractivity contribution in [1.82, 2.24) is 0 Å². The van der Waals surface area contributed by atoms with Crippen molar-refractivity contribution in [2.45, 2.75) is 17.2 Å². The molecule has 4 N–H and O–H groups in total. The van der Waals surface area contributed by atoms with Crippen LogP contribution in [0.1, 0.15) is 20.8 Å². The van der Waals surface area contributed by atoms with Crippen LogP contribution in [0.25, 0.3) is 10.1 Å². The largest absolute Gasteiger partial charge is 0.487 e. The van der Waals surface area contributed by atoms with Gasteiger partial charge in [0.25, 0.3) is 0 Å². The number of hydrogen-bond acceptors (Lipinski definition) is 6. The Bertz CT molecular complexity index is 1440. The van der Waals surface area contributed by atoms with Crippen LogP contribution in [0.4, 0.5) is 8.78 Å². The van der Waals surface area contributed by atoms with Gasteiger partial charge >= 0.3 is 13.3 Å². The second-order valence-corrected chi connectivity index (χ2v) is 13.5. The second kappa shape index (κ2) is 9.13. The Kier molecular flexibility index (Phi) is 7.32. The molecule has 3 rings (SSSR count). The summed E-state index contributed by atoms with van der Waals surface area (Å²) >= 11 is 5.28. The molecule has 0 fully saturated rings. The summed E-state index contributed by atoms with van der Waals surface area (Å²) in [5.74, 6) is -0.877. The van der Waals surface area contributed by atoms with E-state index in [1.807, 2.05) is 22.6 Å². The highest BCUT2D eigenvalue weighted by Crippen LogP contribution is 2.63. The van der Waals surface area contributed by atoms with E-state index < -0.39 is 33.9 Å². The van der Waals surface area contributed by atoms with E-state index in [-0.39, 0.29) is 37.4 Å². The highest BCUT2D eigenvalue weighted by atomic mass is 127. The highest BCUT2D eigenvalue weighted by molar-refractivity contribution is 14.1. The third kappa shape index (κ3) is 5.26. The number of rotatable bonds is 7. The standard InChI is InChI=1S/C18H14BrF2INO7PS2/c1-33(28,29)10-3-2-8(12(22)6-10)7-30-13-5-9(17(23)24)4-11-14(19)16(32-15(11)13)18(20,21)31(25,26)27/h2-6H,7H2,1H3,(H2,23,24)(H2,25,26,27). The molecule has 3 aromatic rings. The van der Waals surface area contributed by atoms with Gasteiger partial charge in [0.1, 0.15) is 17.2 Å². The molecule has 1 amide bonds. The molecule has 0 aliphatic heterocycles. The molecule has 0 aliphatic rings. The van der Waals surface area contributed by atoms with Gasteiger partial charge in [-0.15, -0.1) is 11.3 Å². The summed E-state index contributed by atoms with van der Waals surface area (Å²) in [7, 11) is -9.26. The molecule has 0 radical (unpaired) electrons. The third-order valence-corrected chi connectivity index (χ3v) is 10.1. The maximum Gasteiger partial charge on any atom is 0.400 e. The Balaban J connectivity index is 2.10. The number of carbonyl (C=O) groups excluding carboxylic acids is 1. The predicted octanol–water partition coefficient (Wildman–Crippen LogP) is 4.58. The quantitative estimate of drug-likeness (QED) is 0.243. The lowest BCUT2D eigenvalue weighted by Gasteiger charge is -2.16. The number of alkyl halides is 2. The fourth-order valence-electron chi connectivity index (χ4n) is 2.75. The van der Waals surface area contributed by atoms with Crippen LogP contribution in [0.15, 0.2) is 39.7 Å². The summed E-state index contributed by atoms with van der Waals surface area (Å²) < 4.78 is 69.8. The highest BCUT2D eigenvalue weighted by Gasteiger charge is 2.53. The van der Waals surface area contributed by atoms with Crippen LogP contribution in [-0.2, 0) is 26.7 Å². The molecule has 0 saturated carbocycles. The maximum absolute atomic E-state index is 14.4. The molecule has 178 valence electrons. The van der Waals surface area contributed by atoms with E-state index in [1.165, 1.54) is 30.3 Å². The van der Waals surface area contributed by atoms with E-state index in [4.69, 9.17) is 20.3 Å². The number of nitrogens with two attached hydrogens (primary N) is 1. The van der Waals surface area contributed by atoms with Gasteiger partial charge in [-0.3, -0.25) is 9.36 Å². The van der Waals surface area contributed by atoms with Crippen LogP contribution >= 0.6 is 57.5 Å². The molecule has 0 unspecified atom stereocenters. The van der Waals surface area contributed by atoms with Crippen LogP contribution in [-0.4, -0.2) is 30.4 Å². The number of halogens is 4. The minimum atomic E-state index is -5.84. The molecule has 1 aromatic heterocycles. The molecule has 2 aromatic carbocycles. The van der Waals surface area contributed by atoms with Gasteiger partial charge in [-0.1, -0.05) is 6.07 Å². The van der Waals surface area contributed by atoms with E-state index in [9.17, 15) is 26.6 Å². The SMILES string of the molecule is CS(=O)(=O)c1ccc(COc2cc(C(N)=O)cc3c(Br)c(C(F)(F)P(=O)(O)O)sc23)c(I)c1. The van der Waals surface area contributed by atoms with Crippen LogP contribution in [0, 0.1) is 3.57 Å². The number of sulfone groups is 1. The van der Waals surface area contributed by atoms with Gasteiger partial charge in [-0.25, -0.2) is 8.42 Å². The van der Waals surface area contributed by atoms with E-state index in [0.717, 1.165) is 6.26 Å². The second-order valence-electron chi connectivity index (χ2n) is 6.86. The Morgan fingerprint density at radius 3 is 2.45 bits per heavy atom. The van der Waals surface area contributed by atoms with Crippen molar-refractivity contribution in [2.24, 2.45) is 5.73 Å². The maximum atomic E-state index is 14.4.